The molecule has 3 rings (SSSR count). The summed E-state index contributed by atoms with van der Waals surface area (Å²) in [7, 11) is 0. The minimum atomic E-state index is -0.296. The molecule has 0 aromatic heterocycles. The van der Waals surface area contributed by atoms with Crippen LogP contribution in [0.1, 0.15) is 45.4 Å². The van der Waals surface area contributed by atoms with Gasteiger partial charge in [0.05, 0.1) is 12.6 Å². The van der Waals surface area contributed by atoms with E-state index in [0.29, 0.717) is 18.4 Å². The average Bonchev–Trinajstić information content (AvgIpc) is 3.19. The molecule has 6 nitrogen and oxygen atoms in total. The number of amides is 1. The van der Waals surface area contributed by atoms with Crippen LogP contribution in [-0.2, 0) is 14.3 Å². The Kier molecular flexibility index (Phi) is 5.31. The summed E-state index contributed by atoms with van der Waals surface area (Å²) < 4.78 is 6.96. The zero-order chi connectivity index (χ0) is 17.3. The van der Waals surface area contributed by atoms with Crippen molar-refractivity contribution in [2.45, 2.75) is 63.6 Å². The van der Waals surface area contributed by atoms with Crippen LogP contribution < -0.4 is 0 Å². The van der Waals surface area contributed by atoms with Gasteiger partial charge in [-0.15, -0.1) is 0 Å². The van der Waals surface area contributed by atoms with E-state index in [2.05, 4.69) is 6.07 Å². The van der Waals surface area contributed by atoms with Crippen molar-refractivity contribution >= 4 is 23.7 Å². The van der Waals surface area contributed by atoms with Gasteiger partial charge in [0, 0.05) is 19.5 Å². The normalized spacial score (nSPS) is 35.1. The van der Waals surface area contributed by atoms with E-state index >= 15 is 0 Å². The summed E-state index contributed by atoms with van der Waals surface area (Å²) >= 11 is 6.40. The van der Waals surface area contributed by atoms with Crippen molar-refractivity contribution in [2.75, 3.05) is 13.1 Å². The van der Waals surface area contributed by atoms with Crippen molar-refractivity contribution in [2.24, 2.45) is 11.8 Å². The third-order valence-corrected chi connectivity index (χ3v) is 6.08. The Morgan fingerprint density at radius 2 is 1.96 bits per heavy atom. The molecule has 132 valence electrons. The zero-order valence-electron chi connectivity index (χ0n) is 14.0. The molecule has 0 unspecified atom stereocenters. The molecule has 24 heavy (non-hydrogen) atoms. The van der Waals surface area contributed by atoms with Crippen LogP contribution in [0.5, 0.6) is 0 Å². The number of nitriles is 1. The van der Waals surface area contributed by atoms with E-state index in [9.17, 15) is 9.59 Å². The molecular formula is C17H24ClN3O3. The molecular weight excluding hydrogens is 330 g/mol. The molecule has 1 amide bonds. The number of halogens is 1. The molecule has 5 atom stereocenters. The van der Waals surface area contributed by atoms with Crippen molar-refractivity contribution in [3.05, 3.63) is 0 Å². The molecule has 0 spiro atoms. The fourth-order valence-corrected chi connectivity index (χ4v) is 4.90. The largest absolute Gasteiger partial charge is 0.463 e. The van der Waals surface area contributed by atoms with Crippen LogP contribution >= 0.6 is 11.8 Å². The first-order valence-electron chi connectivity index (χ1n) is 8.76. The summed E-state index contributed by atoms with van der Waals surface area (Å²) in [5, 5.41) is 9.10. The van der Waals surface area contributed by atoms with Crippen LogP contribution in [0.4, 0.5) is 0 Å². The van der Waals surface area contributed by atoms with Crippen LogP contribution in [0.3, 0.4) is 0 Å². The third-order valence-electron chi connectivity index (χ3n) is 5.68. The Morgan fingerprint density at radius 3 is 2.54 bits per heavy atom. The number of ether oxygens (including phenoxy) is 1. The minimum absolute atomic E-state index is 0.0462. The highest BCUT2D eigenvalue weighted by Crippen LogP contribution is 2.47. The first-order valence-corrected chi connectivity index (χ1v) is 9.10. The van der Waals surface area contributed by atoms with Gasteiger partial charge in [-0.1, -0.05) is 0 Å². The van der Waals surface area contributed by atoms with Gasteiger partial charge < -0.3 is 9.64 Å². The number of rotatable bonds is 4. The highest BCUT2D eigenvalue weighted by Gasteiger charge is 2.44. The molecule has 0 N–H and O–H groups in total. The number of carbonyl (C=O) groups is 2. The first kappa shape index (κ1) is 17.5. The molecule has 2 saturated carbocycles. The van der Waals surface area contributed by atoms with Crippen LogP contribution in [0.2, 0.25) is 0 Å². The molecule has 3 fully saturated rings. The smallest absolute Gasteiger partial charge is 0.302 e. The lowest BCUT2D eigenvalue weighted by Gasteiger charge is -2.26. The second kappa shape index (κ2) is 7.28. The second-order valence-corrected chi connectivity index (χ2v) is 7.71. The van der Waals surface area contributed by atoms with Crippen LogP contribution in [0.15, 0.2) is 0 Å². The monoisotopic (exact) mass is 353 g/mol. The lowest BCUT2D eigenvalue weighted by Crippen LogP contribution is -2.42. The summed E-state index contributed by atoms with van der Waals surface area (Å²) in [5.41, 5.74) is 0. The van der Waals surface area contributed by atoms with Crippen molar-refractivity contribution in [3.8, 4) is 6.07 Å². The maximum absolute atomic E-state index is 12.4. The fraction of sp³-hybridized carbons (Fsp3) is 0.824. The Labute approximate surface area is 147 Å². The molecule has 0 radical (unpaired) electrons. The highest BCUT2D eigenvalue weighted by atomic mass is 35.5. The number of esters is 1. The molecule has 0 aromatic carbocycles. The summed E-state index contributed by atoms with van der Waals surface area (Å²) in [6.45, 7) is 2.27. The van der Waals surface area contributed by atoms with E-state index in [1.165, 1.54) is 6.92 Å². The van der Waals surface area contributed by atoms with E-state index in [0.717, 1.165) is 38.5 Å². The predicted octanol–water partition coefficient (Wildman–Crippen LogP) is 2.08. The van der Waals surface area contributed by atoms with Crippen LogP contribution in [-0.4, -0.2) is 52.5 Å². The summed E-state index contributed by atoms with van der Waals surface area (Å²) in [6, 6.07) is 2.08. The number of carbonyl (C=O) groups excluding carboxylic acids is 2. The van der Waals surface area contributed by atoms with Gasteiger partial charge in [-0.3, -0.25) is 9.59 Å². The van der Waals surface area contributed by atoms with Gasteiger partial charge in [0.15, 0.2) is 0 Å². The minimum Gasteiger partial charge on any atom is -0.463 e. The number of hydrogen-bond donors (Lipinski definition) is 0. The summed E-state index contributed by atoms with van der Waals surface area (Å²) in [4.78, 5) is 25.1. The second-order valence-electron chi connectivity index (χ2n) is 7.28. The summed E-state index contributed by atoms with van der Waals surface area (Å²) in [5.74, 6) is 0.784. The lowest BCUT2D eigenvalue weighted by molar-refractivity contribution is -0.146. The van der Waals surface area contributed by atoms with Crippen molar-refractivity contribution < 1.29 is 14.3 Å². The van der Waals surface area contributed by atoms with Crippen molar-refractivity contribution in [1.82, 2.24) is 9.32 Å². The fourth-order valence-electron chi connectivity index (χ4n) is 4.64. The van der Waals surface area contributed by atoms with E-state index in [4.69, 9.17) is 21.8 Å². The molecule has 7 heteroatoms. The Morgan fingerprint density at radius 1 is 1.29 bits per heavy atom. The molecule has 0 aromatic rings. The number of nitrogens with zero attached hydrogens (tertiary/aromatic N) is 3. The molecule has 1 heterocycles. The Balaban J connectivity index is 1.48. The summed E-state index contributed by atoms with van der Waals surface area (Å²) in [6.07, 6.45) is 5.39. The topological polar surface area (TPSA) is 73.6 Å². The first-order chi connectivity index (χ1) is 11.5. The molecule has 2 aliphatic carbocycles. The highest BCUT2D eigenvalue weighted by molar-refractivity contribution is 6.14. The lowest BCUT2D eigenvalue weighted by atomic mass is 10.0. The van der Waals surface area contributed by atoms with Gasteiger partial charge in [-0.2, -0.15) is 5.26 Å². The maximum atomic E-state index is 12.4. The maximum Gasteiger partial charge on any atom is 0.302 e. The molecule has 3 aliphatic rings. The zero-order valence-corrected chi connectivity index (χ0v) is 14.7. The number of hydrogen-bond acceptors (Lipinski definition) is 5. The van der Waals surface area contributed by atoms with Gasteiger partial charge in [-0.25, -0.2) is 4.42 Å². The Bertz CT molecular complexity index is 536. The van der Waals surface area contributed by atoms with E-state index < -0.39 is 0 Å². The quantitative estimate of drug-likeness (QED) is 0.571. The standard InChI is InChI=1S/C17H24ClN3O3/c1-11(22)24-16-7-12-5-15(6-13(12)8-16)21(18)10-17(23)20-4-2-3-14(20)9-19/h12-16H,2-8,10H2,1H3/t12-,13+,14-,15-,16+/m0/s1. The molecule has 1 aliphatic heterocycles. The average molecular weight is 354 g/mol. The van der Waals surface area contributed by atoms with E-state index in [-0.39, 0.29) is 36.6 Å². The van der Waals surface area contributed by atoms with Crippen LogP contribution in [0.25, 0.3) is 0 Å². The number of likely N-dealkylation sites (tertiary alicyclic amines) is 1. The Hall–Kier alpha value is -1.32. The SMILES string of the molecule is CC(=O)O[C@@H]1C[C@@H]2C[C@H](N(Cl)CC(=O)N3CCC[C@H]3C#N)C[C@@H]2C1. The predicted molar refractivity (Wildman–Crippen MR) is 87.7 cm³/mol. The van der Waals surface area contributed by atoms with Gasteiger partial charge in [-0.05, 0) is 62.1 Å². The van der Waals surface area contributed by atoms with Gasteiger partial charge >= 0.3 is 5.97 Å². The van der Waals surface area contributed by atoms with Crippen molar-refractivity contribution in [1.29, 1.82) is 5.26 Å². The molecule has 1 saturated heterocycles. The van der Waals surface area contributed by atoms with Gasteiger partial charge in [0.1, 0.15) is 12.1 Å². The van der Waals surface area contributed by atoms with E-state index in [1.54, 1.807) is 9.32 Å². The van der Waals surface area contributed by atoms with Crippen molar-refractivity contribution in [3.63, 3.8) is 0 Å². The van der Waals surface area contributed by atoms with Crippen LogP contribution in [0, 0.1) is 23.2 Å². The van der Waals surface area contributed by atoms with E-state index in [1.807, 2.05) is 0 Å². The third kappa shape index (κ3) is 3.68. The van der Waals surface area contributed by atoms with Gasteiger partial charge in [0.25, 0.3) is 0 Å². The molecule has 0 bridgehead atoms. The van der Waals surface area contributed by atoms with Gasteiger partial charge in [0.2, 0.25) is 5.91 Å². The number of fused-ring (bicyclic) bond motifs is 1.